The highest BCUT2D eigenvalue weighted by molar-refractivity contribution is 9.10. The summed E-state index contributed by atoms with van der Waals surface area (Å²) in [4.78, 5) is 4.73. The maximum atomic E-state index is 6.02. The van der Waals surface area contributed by atoms with E-state index in [1.165, 1.54) is 5.56 Å². The van der Waals surface area contributed by atoms with Crippen LogP contribution in [0.5, 0.6) is 0 Å². The molecule has 2 nitrogen and oxygen atoms in total. The first-order valence-corrected chi connectivity index (χ1v) is 8.35. The molecule has 1 aliphatic heterocycles. The average Bonchev–Trinajstić information content (AvgIpc) is 2.92. The summed E-state index contributed by atoms with van der Waals surface area (Å²) in [5.74, 6) is 0.963. The van der Waals surface area contributed by atoms with Crippen LogP contribution < -0.4 is 5.32 Å². The molecule has 1 heterocycles. The molecule has 3 rings (SSSR count). The summed E-state index contributed by atoms with van der Waals surface area (Å²) in [6.45, 7) is 0. The zero-order chi connectivity index (χ0) is 13.9. The molecule has 2 aromatic carbocycles. The minimum atomic E-state index is 0.224. The number of aliphatic imine (C=N–C) groups is 1. The van der Waals surface area contributed by atoms with Crippen molar-refractivity contribution in [3.63, 3.8) is 0 Å². The Kier molecular flexibility index (Phi) is 4.34. The SMILES string of the molecule is Clc1ccc(Br)c(NC2=NC(c3ccccc3)CS2)c1. The first-order chi connectivity index (χ1) is 9.72. The van der Waals surface area contributed by atoms with Crippen LogP contribution in [0.4, 0.5) is 5.69 Å². The van der Waals surface area contributed by atoms with Crippen LogP contribution in [0.1, 0.15) is 11.6 Å². The Bertz CT molecular complexity index is 646. The van der Waals surface area contributed by atoms with E-state index in [1.54, 1.807) is 11.8 Å². The topological polar surface area (TPSA) is 24.4 Å². The first kappa shape index (κ1) is 14.0. The molecule has 1 unspecified atom stereocenters. The summed E-state index contributed by atoms with van der Waals surface area (Å²) in [7, 11) is 0. The molecular weight excluding hydrogens is 356 g/mol. The van der Waals surface area contributed by atoms with Gasteiger partial charge in [-0.2, -0.15) is 0 Å². The van der Waals surface area contributed by atoms with Crippen LogP contribution in [0.25, 0.3) is 0 Å². The fourth-order valence-corrected chi connectivity index (χ4v) is 3.48. The van der Waals surface area contributed by atoms with Gasteiger partial charge in [-0.25, -0.2) is 0 Å². The van der Waals surface area contributed by atoms with Crippen molar-refractivity contribution in [2.24, 2.45) is 4.99 Å². The van der Waals surface area contributed by atoms with Gasteiger partial charge in [-0.1, -0.05) is 53.7 Å². The summed E-state index contributed by atoms with van der Waals surface area (Å²) in [5, 5.41) is 4.97. The Balaban J connectivity index is 1.77. The third-order valence-electron chi connectivity index (χ3n) is 3.01. The van der Waals surface area contributed by atoms with Gasteiger partial charge in [-0.05, 0) is 39.7 Å². The minimum Gasteiger partial charge on any atom is -0.334 e. The lowest BCUT2D eigenvalue weighted by molar-refractivity contribution is 0.849. The van der Waals surface area contributed by atoms with Crippen LogP contribution in [0.2, 0.25) is 5.02 Å². The van der Waals surface area contributed by atoms with Crippen LogP contribution >= 0.6 is 39.3 Å². The molecule has 2 aromatic rings. The predicted octanol–water partition coefficient (Wildman–Crippen LogP) is 5.36. The van der Waals surface area contributed by atoms with Gasteiger partial charge in [0.1, 0.15) is 0 Å². The van der Waals surface area contributed by atoms with Crippen molar-refractivity contribution >= 4 is 50.1 Å². The highest BCUT2D eigenvalue weighted by Crippen LogP contribution is 2.33. The van der Waals surface area contributed by atoms with E-state index in [-0.39, 0.29) is 6.04 Å². The number of rotatable bonds is 2. The molecule has 1 atom stereocenters. The lowest BCUT2D eigenvalue weighted by Gasteiger charge is -2.07. The number of hydrogen-bond donors (Lipinski definition) is 1. The lowest BCUT2D eigenvalue weighted by atomic mass is 10.1. The molecule has 0 spiro atoms. The predicted molar refractivity (Wildman–Crippen MR) is 91.9 cm³/mol. The van der Waals surface area contributed by atoms with Crippen LogP contribution in [0.15, 0.2) is 58.0 Å². The van der Waals surface area contributed by atoms with Gasteiger partial charge in [0.25, 0.3) is 0 Å². The third-order valence-corrected chi connectivity index (χ3v) is 4.90. The molecule has 0 saturated heterocycles. The second-order valence-electron chi connectivity index (χ2n) is 4.42. The molecule has 102 valence electrons. The van der Waals surface area contributed by atoms with Gasteiger partial charge < -0.3 is 5.32 Å². The van der Waals surface area contributed by atoms with E-state index in [1.807, 2.05) is 24.3 Å². The van der Waals surface area contributed by atoms with Crippen molar-refractivity contribution in [1.82, 2.24) is 0 Å². The number of hydrogen-bond acceptors (Lipinski definition) is 3. The van der Waals surface area contributed by atoms with E-state index in [0.29, 0.717) is 5.02 Å². The molecule has 0 aromatic heterocycles. The van der Waals surface area contributed by atoms with Crippen molar-refractivity contribution in [3.05, 3.63) is 63.6 Å². The molecule has 20 heavy (non-hydrogen) atoms. The maximum Gasteiger partial charge on any atom is 0.161 e. The highest BCUT2D eigenvalue weighted by Gasteiger charge is 2.20. The Morgan fingerprint density at radius 1 is 1.20 bits per heavy atom. The number of nitrogens with zero attached hydrogens (tertiary/aromatic N) is 1. The van der Waals surface area contributed by atoms with Gasteiger partial charge in [0, 0.05) is 15.2 Å². The van der Waals surface area contributed by atoms with Crippen LogP contribution in [-0.2, 0) is 0 Å². The summed E-state index contributed by atoms with van der Waals surface area (Å²) >= 11 is 11.3. The Morgan fingerprint density at radius 3 is 2.80 bits per heavy atom. The number of halogens is 2. The molecule has 0 fully saturated rings. The van der Waals surface area contributed by atoms with Crippen LogP contribution in [0, 0.1) is 0 Å². The maximum absolute atomic E-state index is 6.02. The summed E-state index contributed by atoms with van der Waals surface area (Å²) < 4.78 is 0.980. The van der Waals surface area contributed by atoms with Gasteiger partial charge in [0.15, 0.2) is 5.17 Å². The number of thioether (sulfide) groups is 1. The number of anilines is 1. The van der Waals surface area contributed by atoms with Crippen molar-refractivity contribution in [2.45, 2.75) is 6.04 Å². The van der Waals surface area contributed by atoms with Gasteiger partial charge >= 0.3 is 0 Å². The summed E-state index contributed by atoms with van der Waals surface area (Å²) in [5.41, 5.74) is 2.19. The Hall–Kier alpha value is -0.970. The van der Waals surface area contributed by atoms with Crippen LogP contribution in [-0.4, -0.2) is 10.9 Å². The zero-order valence-electron chi connectivity index (χ0n) is 10.5. The molecule has 5 heteroatoms. The van der Waals surface area contributed by atoms with E-state index in [2.05, 4.69) is 45.5 Å². The molecule has 0 aliphatic carbocycles. The Labute approximate surface area is 135 Å². The molecule has 1 N–H and O–H groups in total. The summed E-state index contributed by atoms with van der Waals surface area (Å²) in [6.07, 6.45) is 0. The van der Waals surface area contributed by atoms with Gasteiger partial charge in [0.2, 0.25) is 0 Å². The number of amidine groups is 1. The standard InChI is InChI=1S/C15H12BrClN2S/c16-12-7-6-11(17)8-13(12)18-15-19-14(9-20-15)10-4-2-1-3-5-10/h1-8,14H,9H2,(H,18,19). The fraction of sp³-hybridized carbons (Fsp3) is 0.133. The van der Waals surface area contributed by atoms with Crippen molar-refractivity contribution in [2.75, 3.05) is 11.1 Å². The van der Waals surface area contributed by atoms with Crippen molar-refractivity contribution < 1.29 is 0 Å². The van der Waals surface area contributed by atoms with Gasteiger partial charge in [0.05, 0.1) is 11.7 Å². The normalized spacial score (nSPS) is 17.9. The molecule has 1 aliphatic rings. The molecule has 0 radical (unpaired) electrons. The molecule has 0 amide bonds. The zero-order valence-corrected chi connectivity index (χ0v) is 13.7. The number of nitrogens with one attached hydrogen (secondary N) is 1. The molecular formula is C15H12BrClN2S. The van der Waals surface area contributed by atoms with Crippen molar-refractivity contribution in [1.29, 1.82) is 0 Å². The summed E-state index contributed by atoms with van der Waals surface area (Å²) in [6, 6.07) is 16.3. The van der Waals surface area contributed by atoms with E-state index in [0.717, 1.165) is 21.1 Å². The number of benzene rings is 2. The second-order valence-corrected chi connectivity index (χ2v) is 6.72. The van der Waals surface area contributed by atoms with E-state index >= 15 is 0 Å². The smallest absolute Gasteiger partial charge is 0.161 e. The minimum absolute atomic E-state index is 0.224. The lowest BCUT2D eigenvalue weighted by Crippen LogP contribution is -2.05. The molecule has 0 saturated carbocycles. The van der Waals surface area contributed by atoms with Crippen molar-refractivity contribution in [3.8, 4) is 0 Å². The largest absolute Gasteiger partial charge is 0.334 e. The van der Waals surface area contributed by atoms with E-state index < -0.39 is 0 Å². The molecule has 0 bridgehead atoms. The van der Waals surface area contributed by atoms with Gasteiger partial charge in [-0.15, -0.1) is 0 Å². The van der Waals surface area contributed by atoms with E-state index in [4.69, 9.17) is 16.6 Å². The third kappa shape index (κ3) is 3.19. The Morgan fingerprint density at radius 2 is 2.00 bits per heavy atom. The van der Waals surface area contributed by atoms with Crippen LogP contribution in [0.3, 0.4) is 0 Å². The first-order valence-electron chi connectivity index (χ1n) is 6.20. The monoisotopic (exact) mass is 366 g/mol. The quantitative estimate of drug-likeness (QED) is 0.773. The van der Waals surface area contributed by atoms with Gasteiger partial charge in [-0.3, -0.25) is 4.99 Å². The highest BCUT2D eigenvalue weighted by atomic mass is 79.9. The second kappa shape index (κ2) is 6.20. The average molecular weight is 368 g/mol. The van der Waals surface area contributed by atoms with E-state index in [9.17, 15) is 0 Å². The fourth-order valence-electron chi connectivity index (χ4n) is 2.00.